The maximum Gasteiger partial charge on any atom is 0.254 e. The summed E-state index contributed by atoms with van der Waals surface area (Å²) < 4.78 is 14.0. The van der Waals surface area contributed by atoms with Crippen LogP contribution in [-0.4, -0.2) is 29.2 Å². The number of carbonyl (C=O) groups is 2. The summed E-state index contributed by atoms with van der Waals surface area (Å²) in [7, 11) is 0. The first kappa shape index (κ1) is 16.1. The van der Waals surface area contributed by atoms with Gasteiger partial charge in [0.15, 0.2) is 0 Å². The molecule has 3 nitrogen and oxygen atoms in total. The fourth-order valence-electron chi connectivity index (χ4n) is 2.78. The van der Waals surface area contributed by atoms with E-state index in [0.29, 0.717) is 23.0 Å². The van der Waals surface area contributed by atoms with Crippen molar-refractivity contribution in [2.45, 2.75) is 45.1 Å². The summed E-state index contributed by atoms with van der Waals surface area (Å²) in [6.07, 6.45) is 4.23. The summed E-state index contributed by atoms with van der Waals surface area (Å²) in [6, 6.07) is 4.34. The number of rotatable bonds is 3. The van der Waals surface area contributed by atoms with Crippen LogP contribution in [0.15, 0.2) is 22.7 Å². The van der Waals surface area contributed by atoms with Crippen LogP contribution in [0.5, 0.6) is 0 Å². The molecule has 1 aromatic rings. The Labute approximate surface area is 132 Å². The second kappa shape index (κ2) is 7.16. The van der Waals surface area contributed by atoms with Crippen molar-refractivity contribution in [2.75, 3.05) is 6.54 Å². The zero-order valence-electron chi connectivity index (χ0n) is 12.1. The third-order valence-electron chi connectivity index (χ3n) is 3.83. The summed E-state index contributed by atoms with van der Waals surface area (Å²) in [6.45, 7) is 2.18. The lowest BCUT2D eigenvalue weighted by molar-refractivity contribution is -0.118. The molecular formula is C16H19BrFNO2. The van der Waals surface area contributed by atoms with Crippen LogP contribution in [0.1, 0.15) is 49.4 Å². The van der Waals surface area contributed by atoms with Crippen LogP contribution >= 0.6 is 15.9 Å². The highest BCUT2D eigenvalue weighted by Gasteiger charge is 2.27. The normalized spacial score (nSPS) is 19.2. The highest BCUT2D eigenvalue weighted by atomic mass is 79.9. The molecule has 0 bridgehead atoms. The van der Waals surface area contributed by atoms with Gasteiger partial charge in [0.1, 0.15) is 11.6 Å². The minimum atomic E-state index is -0.446. The zero-order valence-corrected chi connectivity index (χ0v) is 13.7. The quantitative estimate of drug-likeness (QED) is 0.822. The average Bonchev–Trinajstić information content (AvgIpc) is 2.66. The molecule has 5 heteroatoms. The number of hydrogen-bond acceptors (Lipinski definition) is 2. The minimum Gasteiger partial charge on any atom is -0.335 e. The highest BCUT2D eigenvalue weighted by Crippen LogP contribution is 2.23. The van der Waals surface area contributed by atoms with E-state index in [1.807, 2.05) is 0 Å². The number of halogens is 2. The van der Waals surface area contributed by atoms with Crippen LogP contribution in [0.4, 0.5) is 4.39 Å². The summed E-state index contributed by atoms with van der Waals surface area (Å²) in [5.74, 6) is -0.546. The van der Waals surface area contributed by atoms with Gasteiger partial charge in [-0.15, -0.1) is 0 Å². The second-order valence-electron chi connectivity index (χ2n) is 5.54. The number of nitrogens with zero attached hydrogens (tertiary/aromatic N) is 1. The Morgan fingerprint density at radius 3 is 2.76 bits per heavy atom. The molecule has 1 unspecified atom stereocenters. The van der Waals surface area contributed by atoms with Crippen LogP contribution in [0.3, 0.4) is 0 Å². The minimum absolute atomic E-state index is 0.0655. The van der Waals surface area contributed by atoms with Crippen LogP contribution in [-0.2, 0) is 4.79 Å². The third-order valence-corrected chi connectivity index (χ3v) is 4.47. The smallest absolute Gasteiger partial charge is 0.254 e. The average molecular weight is 356 g/mol. The van der Waals surface area contributed by atoms with Gasteiger partial charge < -0.3 is 4.90 Å². The molecule has 0 spiro atoms. The number of ketones is 1. The second-order valence-corrected chi connectivity index (χ2v) is 6.39. The van der Waals surface area contributed by atoms with E-state index in [2.05, 4.69) is 15.9 Å². The van der Waals surface area contributed by atoms with E-state index in [0.717, 1.165) is 25.7 Å². The van der Waals surface area contributed by atoms with E-state index in [-0.39, 0.29) is 17.7 Å². The lowest BCUT2D eigenvalue weighted by Gasteiger charge is -2.29. The molecule has 0 aliphatic carbocycles. The van der Waals surface area contributed by atoms with Gasteiger partial charge in [0, 0.05) is 24.6 Å². The Morgan fingerprint density at radius 1 is 1.33 bits per heavy atom. The Kier molecular flexibility index (Phi) is 5.51. The molecule has 21 heavy (non-hydrogen) atoms. The van der Waals surface area contributed by atoms with Gasteiger partial charge >= 0.3 is 0 Å². The first-order chi connectivity index (χ1) is 9.99. The lowest BCUT2D eigenvalue weighted by atomic mass is 10.0. The molecule has 1 aliphatic heterocycles. The standard InChI is InChI=1S/C16H19BrFNO2/c1-11(20)9-13-5-3-2-4-8-19(13)16(21)12-6-7-14(17)15(18)10-12/h6-7,10,13H,2-5,8-9H2,1H3. The molecule has 1 heterocycles. The molecule has 1 atom stereocenters. The summed E-state index contributed by atoms with van der Waals surface area (Å²) >= 11 is 3.09. The molecule has 114 valence electrons. The van der Waals surface area contributed by atoms with E-state index < -0.39 is 5.82 Å². The van der Waals surface area contributed by atoms with E-state index >= 15 is 0 Å². The van der Waals surface area contributed by atoms with Crippen molar-refractivity contribution in [2.24, 2.45) is 0 Å². The van der Waals surface area contributed by atoms with Crippen molar-refractivity contribution in [3.63, 3.8) is 0 Å². The van der Waals surface area contributed by atoms with E-state index in [1.54, 1.807) is 24.0 Å². The first-order valence-corrected chi connectivity index (χ1v) is 8.04. The van der Waals surface area contributed by atoms with E-state index in [4.69, 9.17) is 0 Å². The molecule has 1 amide bonds. The van der Waals surface area contributed by atoms with Gasteiger partial charge in [-0.3, -0.25) is 9.59 Å². The summed E-state index contributed by atoms with van der Waals surface area (Å²) in [5, 5.41) is 0. The molecule has 0 aromatic heterocycles. The molecule has 2 rings (SSSR count). The van der Waals surface area contributed by atoms with Crippen molar-refractivity contribution < 1.29 is 14.0 Å². The van der Waals surface area contributed by atoms with Crippen molar-refractivity contribution in [1.82, 2.24) is 4.90 Å². The fraction of sp³-hybridized carbons (Fsp3) is 0.500. The Balaban J connectivity index is 2.23. The zero-order chi connectivity index (χ0) is 15.4. The maximum atomic E-state index is 13.6. The molecular weight excluding hydrogens is 337 g/mol. The number of benzene rings is 1. The maximum absolute atomic E-state index is 13.6. The molecule has 1 saturated heterocycles. The molecule has 1 aromatic carbocycles. The van der Waals surface area contributed by atoms with Crippen LogP contribution in [0.2, 0.25) is 0 Å². The SMILES string of the molecule is CC(=O)CC1CCCCCN1C(=O)c1ccc(Br)c(F)c1. The van der Waals surface area contributed by atoms with Gasteiger partial charge in [-0.05, 0) is 53.9 Å². The van der Waals surface area contributed by atoms with Gasteiger partial charge in [0.25, 0.3) is 5.91 Å². The van der Waals surface area contributed by atoms with Crippen molar-refractivity contribution >= 4 is 27.6 Å². The first-order valence-electron chi connectivity index (χ1n) is 7.24. The van der Waals surface area contributed by atoms with E-state index in [1.165, 1.54) is 6.07 Å². The number of amides is 1. The molecule has 0 saturated carbocycles. The number of hydrogen-bond donors (Lipinski definition) is 0. The van der Waals surface area contributed by atoms with Crippen molar-refractivity contribution in [1.29, 1.82) is 0 Å². The highest BCUT2D eigenvalue weighted by molar-refractivity contribution is 9.10. The van der Waals surface area contributed by atoms with Gasteiger partial charge in [-0.25, -0.2) is 4.39 Å². The Morgan fingerprint density at radius 2 is 2.10 bits per heavy atom. The lowest BCUT2D eigenvalue weighted by Crippen LogP contribution is -2.41. The van der Waals surface area contributed by atoms with E-state index in [9.17, 15) is 14.0 Å². The summed E-state index contributed by atoms with van der Waals surface area (Å²) in [4.78, 5) is 25.8. The van der Waals surface area contributed by atoms with Crippen molar-refractivity contribution in [3.05, 3.63) is 34.1 Å². The topological polar surface area (TPSA) is 37.4 Å². The predicted molar refractivity (Wildman–Crippen MR) is 82.7 cm³/mol. The number of likely N-dealkylation sites (tertiary alicyclic amines) is 1. The molecule has 0 radical (unpaired) electrons. The monoisotopic (exact) mass is 355 g/mol. The van der Waals surface area contributed by atoms with Gasteiger partial charge in [0.2, 0.25) is 0 Å². The molecule has 1 aliphatic rings. The number of Topliss-reactive ketones (excluding diaryl/α,β-unsaturated/α-hetero) is 1. The van der Waals surface area contributed by atoms with Gasteiger partial charge in [-0.2, -0.15) is 0 Å². The largest absolute Gasteiger partial charge is 0.335 e. The van der Waals surface area contributed by atoms with Crippen LogP contribution in [0.25, 0.3) is 0 Å². The van der Waals surface area contributed by atoms with Gasteiger partial charge in [0.05, 0.1) is 4.47 Å². The molecule has 0 N–H and O–H groups in total. The van der Waals surface area contributed by atoms with Crippen molar-refractivity contribution in [3.8, 4) is 0 Å². The predicted octanol–water partition coefficient (Wildman–Crippen LogP) is 3.95. The third kappa shape index (κ3) is 4.13. The fourth-order valence-corrected chi connectivity index (χ4v) is 3.03. The summed E-state index contributed by atoms with van der Waals surface area (Å²) in [5.41, 5.74) is 0.339. The van der Waals surface area contributed by atoms with Crippen LogP contribution in [0, 0.1) is 5.82 Å². The Hall–Kier alpha value is -1.23. The van der Waals surface area contributed by atoms with Gasteiger partial charge in [-0.1, -0.05) is 12.8 Å². The Bertz CT molecular complexity index is 547. The molecule has 1 fully saturated rings. The number of carbonyl (C=O) groups excluding carboxylic acids is 2. The van der Waals surface area contributed by atoms with Crippen LogP contribution < -0.4 is 0 Å².